The minimum Gasteiger partial charge on any atom is -0.479 e. The number of ether oxygens (including phenoxy) is 3. The number of nitrogens with one attached hydrogen (secondary N) is 2. The van der Waals surface area contributed by atoms with Crippen molar-refractivity contribution in [2.45, 2.75) is 45.3 Å². The predicted octanol–water partition coefficient (Wildman–Crippen LogP) is 11.1. The number of anilines is 4. The van der Waals surface area contributed by atoms with Crippen molar-refractivity contribution in [1.82, 2.24) is 9.97 Å². The number of benzene rings is 6. The molecule has 8 aromatic rings. The summed E-state index contributed by atoms with van der Waals surface area (Å²) in [5.74, 6) is -0.575. The summed E-state index contributed by atoms with van der Waals surface area (Å²) in [5.41, 5.74) is 7.19. The number of fused-ring (bicyclic) bond motifs is 4. The van der Waals surface area contributed by atoms with Crippen molar-refractivity contribution in [3.05, 3.63) is 146 Å². The molecule has 0 aliphatic rings. The van der Waals surface area contributed by atoms with Crippen LogP contribution in [0.3, 0.4) is 0 Å². The highest BCUT2D eigenvalue weighted by molar-refractivity contribution is 6.09. The van der Waals surface area contributed by atoms with Gasteiger partial charge in [0.15, 0.2) is 12.2 Å². The third-order valence-electron chi connectivity index (χ3n) is 9.63. The zero-order valence-electron chi connectivity index (χ0n) is 31.1. The lowest BCUT2D eigenvalue weighted by Gasteiger charge is -2.20. The van der Waals surface area contributed by atoms with Crippen LogP contribution in [-0.2, 0) is 14.3 Å². The van der Waals surface area contributed by atoms with Gasteiger partial charge in [-0.05, 0) is 85.6 Å². The van der Waals surface area contributed by atoms with E-state index in [0.29, 0.717) is 30.8 Å². The molecular formula is C47H40N4O5. The summed E-state index contributed by atoms with van der Waals surface area (Å²) in [6, 6.07) is 46.8. The highest BCUT2D eigenvalue weighted by Gasteiger charge is 2.29. The number of carbonyl (C=O) groups excluding carboxylic acids is 2. The molecule has 0 spiro atoms. The Morgan fingerprint density at radius 2 is 0.857 bits per heavy atom. The Morgan fingerprint density at radius 3 is 1.23 bits per heavy atom. The van der Waals surface area contributed by atoms with Crippen molar-refractivity contribution < 1.29 is 23.8 Å². The molecule has 0 amide bonds. The molecule has 9 heteroatoms. The lowest BCUT2D eigenvalue weighted by Crippen LogP contribution is -2.36. The maximum atomic E-state index is 13.3. The first-order valence-corrected chi connectivity index (χ1v) is 18.9. The van der Waals surface area contributed by atoms with Crippen molar-refractivity contribution in [3.8, 4) is 11.5 Å². The van der Waals surface area contributed by atoms with Gasteiger partial charge in [-0.1, -0.05) is 93.1 Å². The number of hydrogen-bond donors (Lipinski definition) is 2. The van der Waals surface area contributed by atoms with Crippen molar-refractivity contribution in [2.24, 2.45) is 0 Å². The van der Waals surface area contributed by atoms with Gasteiger partial charge in [-0.25, -0.2) is 19.6 Å². The molecule has 0 saturated heterocycles. The molecule has 0 fully saturated rings. The fraction of sp³-hybridized carbons (Fsp3) is 0.149. The third-order valence-corrected chi connectivity index (χ3v) is 9.63. The van der Waals surface area contributed by atoms with Crippen LogP contribution in [0.2, 0.25) is 0 Å². The van der Waals surface area contributed by atoms with Gasteiger partial charge in [0.2, 0.25) is 0 Å². The molecule has 2 unspecified atom stereocenters. The van der Waals surface area contributed by atoms with Crippen molar-refractivity contribution in [2.75, 3.05) is 10.6 Å². The molecule has 9 nitrogen and oxygen atoms in total. The number of pyridine rings is 2. The molecule has 56 heavy (non-hydrogen) atoms. The predicted molar refractivity (Wildman–Crippen MR) is 223 cm³/mol. The summed E-state index contributed by atoms with van der Waals surface area (Å²) in [6.07, 6.45) is -0.640. The summed E-state index contributed by atoms with van der Waals surface area (Å²) in [6.45, 7) is 3.75. The van der Waals surface area contributed by atoms with E-state index in [4.69, 9.17) is 24.2 Å². The largest absolute Gasteiger partial charge is 0.479 e. The van der Waals surface area contributed by atoms with Gasteiger partial charge in [0.05, 0.1) is 33.4 Å². The number of aromatic nitrogens is 2. The first-order chi connectivity index (χ1) is 27.5. The number of rotatable bonds is 13. The molecule has 0 radical (unpaired) electrons. The van der Waals surface area contributed by atoms with E-state index in [-0.39, 0.29) is 0 Å². The molecule has 0 saturated carbocycles. The van der Waals surface area contributed by atoms with Crippen molar-refractivity contribution in [3.63, 3.8) is 0 Å². The second-order valence-corrected chi connectivity index (χ2v) is 13.5. The summed E-state index contributed by atoms with van der Waals surface area (Å²) in [7, 11) is 0. The minimum absolute atomic E-state index is 0.303. The van der Waals surface area contributed by atoms with Gasteiger partial charge in [0.1, 0.15) is 11.5 Å². The van der Waals surface area contributed by atoms with Gasteiger partial charge >= 0.3 is 11.9 Å². The zero-order chi connectivity index (χ0) is 38.4. The normalized spacial score (nSPS) is 12.3. The Hall–Kier alpha value is -7.00. The number of hydrogen-bond acceptors (Lipinski definition) is 9. The summed E-state index contributed by atoms with van der Waals surface area (Å²) < 4.78 is 17.5. The van der Waals surface area contributed by atoms with Crippen LogP contribution in [0.1, 0.15) is 33.1 Å². The van der Waals surface area contributed by atoms with Gasteiger partial charge in [-0.3, -0.25) is 0 Å². The van der Waals surface area contributed by atoms with Crippen LogP contribution < -0.4 is 20.1 Å². The van der Waals surface area contributed by atoms with Gasteiger partial charge in [-0.2, -0.15) is 0 Å². The molecule has 6 aromatic carbocycles. The first-order valence-electron chi connectivity index (χ1n) is 18.9. The smallest absolute Gasteiger partial charge is 0.355 e. The Bertz CT molecular complexity index is 2570. The molecule has 0 aliphatic heterocycles. The van der Waals surface area contributed by atoms with Crippen LogP contribution in [0.25, 0.3) is 43.6 Å². The molecule has 2 N–H and O–H groups in total. The summed E-state index contributed by atoms with van der Waals surface area (Å²) in [4.78, 5) is 36.2. The highest BCUT2D eigenvalue weighted by Crippen LogP contribution is 2.35. The van der Waals surface area contributed by atoms with Gasteiger partial charge in [0.25, 0.3) is 0 Å². The maximum absolute atomic E-state index is 13.3. The number of esters is 2. The van der Waals surface area contributed by atoms with Crippen LogP contribution in [0.4, 0.5) is 22.7 Å². The minimum atomic E-state index is -0.987. The molecule has 0 bridgehead atoms. The first kappa shape index (κ1) is 36.0. The lowest BCUT2D eigenvalue weighted by atomic mass is 10.1. The molecule has 2 heterocycles. The maximum Gasteiger partial charge on any atom is 0.355 e. The summed E-state index contributed by atoms with van der Waals surface area (Å²) in [5, 5.41) is 11.1. The van der Waals surface area contributed by atoms with E-state index >= 15 is 0 Å². The van der Waals surface area contributed by atoms with E-state index in [9.17, 15) is 9.59 Å². The van der Waals surface area contributed by atoms with Crippen LogP contribution in [0.15, 0.2) is 146 Å². The Balaban J connectivity index is 0.910. The zero-order valence-corrected chi connectivity index (χ0v) is 31.1. The van der Waals surface area contributed by atoms with Gasteiger partial charge in [-0.15, -0.1) is 0 Å². The standard InChI is InChI=1S/C47H40N4O5/c1-3-13-43(55-33-28-24-31(25-29-33)49-45-36-16-7-11-20-40(36)51-41-21-12-8-17-37(41)45)47(53)56-46(52)42(4-2)54-32-26-22-30(23-27-32)48-44-34-14-5-9-18-38(34)50-39-19-10-6-15-35(39)44/h5-12,14-29,42-43H,3-4,13H2,1-2H3,(H,48,50)(H,49,51). The van der Waals surface area contributed by atoms with Gasteiger partial charge < -0.3 is 24.8 Å². The summed E-state index contributed by atoms with van der Waals surface area (Å²) >= 11 is 0. The van der Waals surface area contributed by atoms with Crippen LogP contribution in [0, 0.1) is 0 Å². The van der Waals surface area contributed by atoms with Gasteiger partial charge in [0, 0.05) is 32.9 Å². The van der Waals surface area contributed by atoms with Crippen molar-refractivity contribution in [1.29, 1.82) is 0 Å². The van der Waals surface area contributed by atoms with Crippen LogP contribution in [0.5, 0.6) is 11.5 Å². The Labute approximate surface area is 324 Å². The monoisotopic (exact) mass is 740 g/mol. The Morgan fingerprint density at radius 1 is 0.500 bits per heavy atom. The van der Waals surface area contributed by atoms with E-state index < -0.39 is 24.1 Å². The van der Waals surface area contributed by atoms with Crippen LogP contribution >= 0.6 is 0 Å². The van der Waals surface area contributed by atoms with Crippen LogP contribution in [-0.4, -0.2) is 34.1 Å². The highest BCUT2D eigenvalue weighted by atomic mass is 16.6. The van der Waals surface area contributed by atoms with E-state index in [1.807, 2.05) is 128 Å². The third kappa shape index (κ3) is 7.65. The topological polar surface area (TPSA) is 112 Å². The Kier molecular flexibility index (Phi) is 10.4. The molecule has 2 atom stereocenters. The molecule has 0 aliphatic carbocycles. The molecule has 278 valence electrons. The number of para-hydroxylation sites is 4. The fourth-order valence-electron chi connectivity index (χ4n) is 6.82. The van der Waals surface area contributed by atoms with E-state index in [1.54, 1.807) is 31.2 Å². The van der Waals surface area contributed by atoms with Crippen molar-refractivity contribution >= 4 is 78.3 Å². The fourth-order valence-corrected chi connectivity index (χ4v) is 6.82. The van der Waals surface area contributed by atoms with E-state index in [1.165, 1.54) is 0 Å². The second-order valence-electron chi connectivity index (χ2n) is 13.5. The quantitative estimate of drug-likeness (QED) is 0.0677. The molecule has 2 aromatic heterocycles. The second kappa shape index (κ2) is 16.2. The number of carbonyl (C=O) groups is 2. The van der Waals surface area contributed by atoms with E-state index in [0.717, 1.165) is 66.4 Å². The number of nitrogens with zero attached hydrogens (tertiary/aromatic N) is 2. The SMILES string of the molecule is CCCC(Oc1ccc(Nc2c3ccccc3nc3ccccc23)cc1)C(=O)OC(=O)C(CC)Oc1ccc(Nc2c3ccccc3nc3ccccc23)cc1. The lowest BCUT2D eigenvalue weighted by molar-refractivity contribution is -0.169. The average Bonchev–Trinajstić information content (AvgIpc) is 3.23. The van der Waals surface area contributed by atoms with E-state index in [2.05, 4.69) is 10.6 Å². The molecule has 8 rings (SSSR count). The molecular weight excluding hydrogens is 701 g/mol. The average molecular weight is 741 g/mol.